The van der Waals surface area contributed by atoms with Gasteiger partial charge >= 0.3 is 20.1 Å². The quantitative estimate of drug-likeness (QED) is 0.160. The Bertz CT molecular complexity index is 1960. The van der Waals surface area contributed by atoms with Crippen molar-refractivity contribution in [3.8, 4) is 5.75 Å². The van der Waals surface area contributed by atoms with Crippen molar-refractivity contribution < 1.29 is 70.6 Å². The topological polar surface area (TPSA) is 234 Å². The molecule has 3 aliphatic rings. The molecule has 2 bridgehead atoms. The van der Waals surface area contributed by atoms with Crippen LogP contribution in [0.25, 0.3) is 0 Å². The number of phosphoric acid groups is 1. The van der Waals surface area contributed by atoms with Gasteiger partial charge in [-0.25, -0.2) is 27.5 Å². The Morgan fingerprint density at radius 3 is 2.59 bits per heavy atom. The number of carbonyl (C=O) groups is 4. The molecule has 0 saturated carbocycles. The van der Waals surface area contributed by atoms with Gasteiger partial charge in [-0.2, -0.15) is 0 Å². The van der Waals surface area contributed by atoms with Gasteiger partial charge in [0.05, 0.1) is 17.8 Å². The molecule has 4 heterocycles. The van der Waals surface area contributed by atoms with Crippen LogP contribution >= 0.6 is 7.82 Å². The van der Waals surface area contributed by atoms with Crippen LogP contribution in [-0.2, 0) is 34.7 Å². The summed E-state index contributed by atoms with van der Waals surface area (Å²) in [7, 11) is -3.63. The number of rotatable bonds is 12. The van der Waals surface area contributed by atoms with Crippen molar-refractivity contribution >= 4 is 37.6 Å². The second kappa shape index (κ2) is 16.1. The molecule has 0 radical (unpaired) electrons. The first-order chi connectivity index (χ1) is 25.4. The minimum Gasteiger partial charge on any atom is -0.451 e. The van der Waals surface area contributed by atoms with Gasteiger partial charge in [0.15, 0.2) is 11.3 Å². The standard InChI is InChI=1S/C32H38F2N5O14P/c1-17-10-32(53-36-17)8-7-18(2)38-13-24(32)39-12-22(28(41)35-11-20-5-6-21(33)9-23(20)34)26(40)27(25(39)29(38)42)49-15-51-31(44)48-14-19(3)37(4)30(43)50-16-52-54(45,46)47/h5-6,9,12,18-19,24H,7-8,10-11,13-16H2,1-4H3,(H,35,41)(H2,45,46,47)/t18-,19-,24?,32-/m0/s1. The van der Waals surface area contributed by atoms with E-state index in [2.05, 4.69) is 19.7 Å². The summed E-state index contributed by atoms with van der Waals surface area (Å²) in [4.78, 5) is 91.9. The number of benzene rings is 1. The highest BCUT2D eigenvalue weighted by atomic mass is 31.2. The minimum atomic E-state index is -4.88. The molecular formula is C32H38F2N5O14P. The number of aromatic nitrogens is 1. The number of carbonyl (C=O) groups excluding carboxylic acids is 4. The van der Waals surface area contributed by atoms with E-state index in [0.29, 0.717) is 31.0 Å². The van der Waals surface area contributed by atoms with Crippen LogP contribution in [0, 0.1) is 11.6 Å². The molecule has 1 saturated heterocycles. The average Bonchev–Trinajstić information content (AvgIpc) is 3.44. The van der Waals surface area contributed by atoms with E-state index in [1.54, 1.807) is 11.8 Å². The second-order valence-electron chi connectivity index (χ2n) is 13.0. The normalized spacial score (nSPS) is 20.9. The van der Waals surface area contributed by atoms with Crippen LogP contribution in [0.15, 0.2) is 34.3 Å². The summed E-state index contributed by atoms with van der Waals surface area (Å²) in [6, 6.07) is 0.979. The summed E-state index contributed by atoms with van der Waals surface area (Å²) in [6.45, 7) is 2.32. The average molecular weight is 786 g/mol. The van der Waals surface area contributed by atoms with E-state index in [9.17, 15) is 37.3 Å². The van der Waals surface area contributed by atoms with Crippen molar-refractivity contribution in [2.45, 2.75) is 70.3 Å². The van der Waals surface area contributed by atoms with Gasteiger partial charge in [0, 0.05) is 50.4 Å². The maximum atomic E-state index is 14.3. The molecular weight excluding hydrogens is 747 g/mol. The summed E-state index contributed by atoms with van der Waals surface area (Å²) in [5, 5.41) is 6.60. The Balaban J connectivity index is 1.36. The van der Waals surface area contributed by atoms with Crippen molar-refractivity contribution in [1.29, 1.82) is 0 Å². The molecule has 22 heteroatoms. The van der Waals surface area contributed by atoms with Crippen LogP contribution < -0.4 is 15.5 Å². The monoisotopic (exact) mass is 785 g/mol. The van der Waals surface area contributed by atoms with Gasteiger partial charge in [-0.15, -0.1) is 0 Å². The third-order valence-electron chi connectivity index (χ3n) is 9.30. The molecule has 0 aliphatic carbocycles. The lowest BCUT2D eigenvalue weighted by atomic mass is 9.84. The number of phosphoric ester groups is 1. The third kappa shape index (κ3) is 8.81. The summed E-state index contributed by atoms with van der Waals surface area (Å²) >= 11 is 0. The molecule has 294 valence electrons. The highest BCUT2D eigenvalue weighted by Crippen LogP contribution is 2.46. The predicted molar refractivity (Wildman–Crippen MR) is 178 cm³/mol. The summed E-state index contributed by atoms with van der Waals surface area (Å²) in [5.74, 6) is -3.95. The number of hydrogen-bond donors (Lipinski definition) is 3. The maximum Gasteiger partial charge on any atom is 0.511 e. The van der Waals surface area contributed by atoms with Gasteiger partial charge in [-0.3, -0.25) is 14.4 Å². The first-order valence-corrected chi connectivity index (χ1v) is 18.0. The molecule has 54 heavy (non-hydrogen) atoms. The molecule has 19 nitrogen and oxygen atoms in total. The molecule has 1 aromatic heterocycles. The number of oxime groups is 1. The van der Waals surface area contributed by atoms with Gasteiger partial charge in [0.2, 0.25) is 24.8 Å². The number of halogens is 2. The molecule has 1 fully saturated rings. The van der Waals surface area contributed by atoms with Crippen LogP contribution in [0.1, 0.15) is 72.5 Å². The first kappa shape index (κ1) is 40.1. The predicted octanol–water partition coefficient (Wildman–Crippen LogP) is 2.78. The van der Waals surface area contributed by atoms with E-state index >= 15 is 0 Å². The van der Waals surface area contributed by atoms with Crippen LogP contribution in [0.3, 0.4) is 0 Å². The summed E-state index contributed by atoms with van der Waals surface area (Å²) < 4.78 is 64.2. The fraction of sp³-hybridized carbons (Fsp3) is 0.500. The van der Waals surface area contributed by atoms with E-state index in [4.69, 9.17) is 28.8 Å². The SMILES string of the molecule is CC1=NO[C@@]2(CC[C@H](C)N3CC2n2cc(C(=O)NCc4ccc(F)cc4F)c(=O)c(OCOC(=O)OC[C@H](C)N(C)C(=O)OCOP(=O)(O)O)c2C3=O)C1. The summed E-state index contributed by atoms with van der Waals surface area (Å²) in [5.41, 5.74) is -2.12. The Morgan fingerprint density at radius 1 is 1.19 bits per heavy atom. The fourth-order valence-electron chi connectivity index (χ4n) is 6.25. The Hall–Kier alpha value is -5.11. The van der Waals surface area contributed by atoms with Crippen molar-refractivity contribution in [3.05, 3.63) is 63.1 Å². The van der Waals surface area contributed by atoms with Gasteiger partial charge in [-0.05, 0) is 39.7 Å². The molecule has 1 aromatic carbocycles. The minimum absolute atomic E-state index is 0.0629. The van der Waals surface area contributed by atoms with Gasteiger partial charge in [0.25, 0.3) is 11.8 Å². The van der Waals surface area contributed by atoms with Crippen LogP contribution in [-0.4, -0.2) is 105 Å². The number of likely N-dealkylation sites (N-methyl/N-ethyl adjacent to an activating group) is 1. The zero-order chi connectivity index (χ0) is 39.5. The van der Waals surface area contributed by atoms with Gasteiger partial charge < -0.3 is 53.3 Å². The number of pyridine rings is 1. The zero-order valence-corrected chi connectivity index (χ0v) is 30.4. The van der Waals surface area contributed by atoms with Gasteiger partial charge in [0.1, 0.15) is 23.8 Å². The number of hydrogen-bond acceptors (Lipinski definition) is 13. The van der Waals surface area contributed by atoms with E-state index in [1.807, 2.05) is 6.92 Å². The summed E-state index contributed by atoms with van der Waals surface area (Å²) in [6.07, 6.45) is 0.208. The van der Waals surface area contributed by atoms with Crippen molar-refractivity contribution in [2.75, 3.05) is 33.8 Å². The van der Waals surface area contributed by atoms with Crippen molar-refractivity contribution in [3.63, 3.8) is 0 Å². The highest BCUT2D eigenvalue weighted by Gasteiger charge is 2.54. The molecule has 1 spiro atoms. The number of ether oxygens (including phenoxy) is 4. The molecule has 3 aliphatic heterocycles. The number of nitrogens with zero attached hydrogens (tertiary/aromatic N) is 4. The number of fused-ring (bicyclic) bond motifs is 5. The van der Waals surface area contributed by atoms with E-state index < -0.39 is 105 Å². The Kier molecular flexibility index (Phi) is 11.9. The largest absolute Gasteiger partial charge is 0.511 e. The molecule has 5 rings (SSSR count). The van der Waals surface area contributed by atoms with Gasteiger partial charge in [-0.1, -0.05) is 11.2 Å². The van der Waals surface area contributed by atoms with Crippen LogP contribution in [0.5, 0.6) is 5.75 Å². The highest BCUT2D eigenvalue weighted by molar-refractivity contribution is 7.46. The van der Waals surface area contributed by atoms with Crippen LogP contribution in [0.2, 0.25) is 0 Å². The molecule has 3 N–H and O–H groups in total. The molecule has 1 unspecified atom stereocenters. The smallest absolute Gasteiger partial charge is 0.451 e. The van der Waals surface area contributed by atoms with E-state index in [-0.39, 0.29) is 23.8 Å². The molecule has 3 amide bonds. The molecule has 4 atom stereocenters. The lowest BCUT2D eigenvalue weighted by Crippen LogP contribution is -2.52. The second-order valence-corrected chi connectivity index (χ2v) is 14.2. The van der Waals surface area contributed by atoms with Crippen molar-refractivity contribution in [1.82, 2.24) is 19.7 Å². The van der Waals surface area contributed by atoms with E-state index in [1.165, 1.54) is 24.7 Å². The molecule has 2 aromatic rings. The fourth-order valence-corrected chi connectivity index (χ4v) is 6.44. The number of nitrogens with one attached hydrogen (secondary N) is 1. The third-order valence-corrected chi connectivity index (χ3v) is 9.74. The number of amides is 3. The Labute approximate surface area is 305 Å². The first-order valence-electron chi connectivity index (χ1n) is 16.5. The lowest BCUT2D eigenvalue weighted by Gasteiger charge is -2.42. The Morgan fingerprint density at radius 2 is 1.93 bits per heavy atom. The zero-order valence-electron chi connectivity index (χ0n) is 29.5. The lowest BCUT2D eigenvalue weighted by molar-refractivity contribution is -0.0658. The maximum absolute atomic E-state index is 14.3. The van der Waals surface area contributed by atoms with E-state index in [0.717, 1.165) is 17.0 Å². The van der Waals surface area contributed by atoms with Crippen LogP contribution in [0.4, 0.5) is 18.4 Å². The van der Waals surface area contributed by atoms with Crippen molar-refractivity contribution in [2.24, 2.45) is 5.16 Å².